The van der Waals surface area contributed by atoms with Crippen LogP contribution in [0.2, 0.25) is 0 Å². The van der Waals surface area contributed by atoms with Crippen molar-refractivity contribution >= 4 is 26.8 Å². The van der Waals surface area contributed by atoms with Crippen LogP contribution in [0.15, 0.2) is 42.6 Å². The SMILES string of the molecule is COCC1CCN(Cc2c(OC)cc(C)c3[nH]ccc23)[C@H](c2ccc(C(=O)NS(C)(=O)=O)cc2)C1. The smallest absolute Gasteiger partial charge is 0.264 e. The summed E-state index contributed by atoms with van der Waals surface area (Å²) in [5.74, 6) is 0.679. The molecule has 1 fully saturated rings. The molecule has 2 aromatic carbocycles. The van der Waals surface area contributed by atoms with Gasteiger partial charge in [0.1, 0.15) is 5.75 Å². The first-order valence-electron chi connectivity index (χ1n) is 11.7. The fourth-order valence-corrected chi connectivity index (χ4v) is 5.53. The lowest BCUT2D eigenvalue weighted by Gasteiger charge is -2.40. The molecule has 1 amide bonds. The van der Waals surface area contributed by atoms with E-state index in [-0.39, 0.29) is 6.04 Å². The number of benzene rings is 2. The summed E-state index contributed by atoms with van der Waals surface area (Å²) in [7, 11) is -0.178. The first-order valence-corrected chi connectivity index (χ1v) is 13.6. The van der Waals surface area contributed by atoms with Crippen LogP contribution < -0.4 is 9.46 Å². The maximum absolute atomic E-state index is 12.3. The van der Waals surface area contributed by atoms with E-state index in [1.165, 1.54) is 0 Å². The molecule has 1 aromatic heterocycles. The van der Waals surface area contributed by atoms with Crippen LogP contribution in [0.4, 0.5) is 0 Å². The van der Waals surface area contributed by atoms with Gasteiger partial charge in [0.2, 0.25) is 10.0 Å². The van der Waals surface area contributed by atoms with Crippen molar-refractivity contribution in [1.82, 2.24) is 14.6 Å². The van der Waals surface area contributed by atoms with E-state index >= 15 is 0 Å². The molecule has 8 nitrogen and oxygen atoms in total. The number of hydrogen-bond acceptors (Lipinski definition) is 6. The van der Waals surface area contributed by atoms with Gasteiger partial charge in [-0.3, -0.25) is 9.69 Å². The molecule has 1 aliphatic heterocycles. The number of sulfonamides is 1. The molecule has 1 unspecified atom stereocenters. The zero-order valence-corrected chi connectivity index (χ0v) is 21.4. The third-order valence-corrected chi connectivity index (χ3v) is 7.31. The molecule has 4 rings (SSSR count). The summed E-state index contributed by atoms with van der Waals surface area (Å²) in [5, 5.41) is 1.16. The number of nitrogens with one attached hydrogen (secondary N) is 2. The molecule has 0 saturated carbocycles. The number of likely N-dealkylation sites (tertiary alicyclic amines) is 1. The second-order valence-electron chi connectivity index (χ2n) is 9.30. The second kappa shape index (κ2) is 10.4. The standard InChI is InChI=1S/C26H33N3O5S/c1-17-13-24(34-3)22(21-9-11-27-25(17)21)15-29-12-10-18(16-33-2)14-23(29)19-5-7-20(8-6-19)26(30)28-35(4,31)32/h5-9,11,13,18,23,27H,10,12,14-16H2,1-4H3,(H,28,30)/t18?,23-/m0/s1. The van der Waals surface area contributed by atoms with Crippen LogP contribution >= 0.6 is 0 Å². The lowest BCUT2D eigenvalue weighted by Crippen LogP contribution is -2.37. The third-order valence-electron chi connectivity index (χ3n) is 6.75. The number of amides is 1. The molecule has 0 aliphatic carbocycles. The summed E-state index contributed by atoms with van der Waals surface area (Å²) < 4.78 is 36.1. The Morgan fingerprint density at radius 3 is 2.60 bits per heavy atom. The zero-order valence-electron chi connectivity index (χ0n) is 20.6. The molecule has 1 saturated heterocycles. The molecule has 2 heterocycles. The Labute approximate surface area is 206 Å². The lowest BCUT2D eigenvalue weighted by atomic mass is 9.86. The van der Waals surface area contributed by atoms with Crippen LogP contribution in [0.5, 0.6) is 5.75 Å². The van der Waals surface area contributed by atoms with Crippen LogP contribution in [-0.4, -0.2) is 57.8 Å². The maximum atomic E-state index is 12.3. The van der Waals surface area contributed by atoms with Gasteiger partial charge in [-0.25, -0.2) is 13.1 Å². The first-order chi connectivity index (χ1) is 16.7. The average molecular weight is 500 g/mol. The molecule has 0 spiro atoms. The predicted molar refractivity (Wildman–Crippen MR) is 136 cm³/mol. The van der Waals surface area contributed by atoms with Crippen LogP contribution in [-0.2, 0) is 21.3 Å². The Kier molecular flexibility index (Phi) is 7.49. The van der Waals surface area contributed by atoms with Gasteiger partial charge in [-0.2, -0.15) is 0 Å². The number of carbonyl (C=O) groups excluding carboxylic acids is 1. The number of aromatic nitrogens is 1. The number of carbonyl (C=O) groups is 1. The minimum absolute atomic E-state index is 0.121. The summed E-state index contributed by atoms with van der Waals surface area (Å²) >= 11 is 0. The number of aromatic amines is 1. The molecule has 0 radical (unpaired) electrons. The van der Waals surface area contributed by atoms with Crippen molar-refractivity contribution in [3.05, 3.63) is 64.8 Å². The van der Waals surface area contributed by atoms with Gasteiger partial charge in [-0.1, -0.05) is 12.1 Å². The fourth-order valence-electron chi connectivity index (χ4n) is 5.08. The van der Waals surface area contributed by atoms with E-state index in [9.17, 15) is 13.2 Å². The van der Waals surface area contributed by atoms with Gasteiger partial charge in [-0.05, 0) is 67.6 Å². The summed E-state index contributed by atoms with van der Waals surface area (Å²) in [4.78, 5) is 18.1. The van der Waals surface area contributed by atoms with Crippen molar-refractivity contribution in [3.8, 4) is 5.75 Å². The molecular formula is C26H33N3O5S. The van der Waals surface area contributed by atoms with Crippen LogP contribution in [0.25, 0.3) is 10.9 Å². The average Bonchev–Trinajstić information content (AvgIpc) is 3.31. The van der Waals surface area contributed by atoms with Crippen LogP contribution in [0, 0.1) is 12.8 Å². The number of aryl methyl sites for hydroxylation is 1. The van der Waals surface area contributed by atoms with Gasteiger partial charge in [-0.15, -0.1) is 0 Å². The number of H-pyrrole nitrogens is 1. The summed E-state index contributed by atoms with van der Waals surface area (Å²) in [6.45, 7) is 4.40. The number of methoxy groups -OCH3 is 2. The highest BCUT2D eigenvalue weighted by Gasteiger charge is 2.31. The number of fused-ring (bicyclic) bond motifs is 1. The number of ether oxygens (including phenoxy) is 2. The minimum atomic E-state index is -3.62. The normalized spacial score (nSPS) is 19.1. The highest BCUT2D eigenvalue weighted by Crippen LogP contribution is 2.39. The highest BCUT2D eigenvalue weighted by atomic mass is 32.2. The lowest BCUT2D eigenvalue weighted by molar-refractivity contribution is 0.0579. The van der Waals surface area contributed by atoms with E-state index in [1.54, 1.807) is 26.4 Å². The molecule has 188 valence electrons. The van der Waals surface area contributed by atoms with Gasteiger partial charge in [0.05, 0.1) is 13.4 Å². The van der Waals surface area contributed by atoms with Crippen molar-refractivity contribution in [2.45, 2.75) is 32.4 Å². The van der Waals surface area contributed by atoms with Gasteiger partial charge >= 0.3 is 0 Å². The second-order valence-corrected chi connectivity index (χ2v) is 11.0. The van der Waals surface area contributed by atoms with Gasteiger partial charge in [0, 0.05) is 54.5 Å². The van der Waals surface area contributed by atoms with E-state index in [2.05, 4.69) is 28.9 Å². The number of nitrogens with zero attached hydrogens (tertiary/aromatic N) is 1. The quantitative estimate of drug-likeness (QED) is 0.489. The van der Waals surface area contributed by atoms with E-state index in [4.69, 9.17) is 9.47 Å². The Morgan fingerprint density at radius 1 is 1.20 bits per heavy atom. The fraction of sp³-hybridized carbons (Fsp3) is 0.423. The van der Waals surface area contributed by atoms with E-state index in [0.29, 0.717) is 18.1 Å². The van der Waals surface area contributed by atoms with Crippen LogP contribution in [0.3, 0.4) is 0 Å². The molecule has 3 aromatic rings. The topological polar surface area (TPSA) is 101 Å². The Bertz CT molecular complexity index is 1300. The number of hydrogen-bond donors (Lipinski definition) is 2. The molecule has 0 bridgehead atoms. The van der Waals surface area contributed by atoms with Crippen LogP contribution in [0.1, 0.15) is 45.9 Å². The number of piperidine rings is 1. The van der Waals surface area contributed by atoms with Crippen molar-refractivity contribution < 1.29 is 22.7 Å². The molecule has 1 aliphatic rings. The van der Waals surface area contributed by atoms with Gasteiger partial charge in [0.25, 0.3) is 5.91 Å². The van der Waals surface area contributed by atoms with Crippen molar-refractivity contribution in [2.75, 3.05) is 33.6 Å². The van der Waals surface area contributed by atoms with E-state index < -0.39 is 15.9 Å². The van der Waals surface area contributed by atoms with Gasteiger partial charge < -0.3 is 14.5 Å². The van der Waals surface area contributed by atoms with Crippen molar-refractivity contribution in [2.24, 2.45) is 5.92 Å². The molecule has 9 heteroatoms. The zero-order chi connectivity index (χ0) is 25.2. The molecule has 2 N–H and O–H groups in total. The van der Waals surface area contributed by atoms with Crippen molar-refractivity contribution in [1.29, 1.82) is 0 Å². The van der Waals surface area contributed by atoms with Crippen molar-refractivity contribution in [3.63, 3.8) is 0 Å². The molecule has 2 atom stereocenters. The largest absolute Gasteiger partial charge is 0.496 e. The Balaban J connectivity index is 1.65. The minimum Gasteiger partial charge on any atom is -0.496 e. The van der Waals surface area contributed by atoms with Gasteiger partial charge in [0.15, 0.2) is 0 Å². The van der Waals surface area contributed by atoms with E-state index in [0.717, 1.165) is 65.5 Å². The summed E-state index contributed by atoms with van der Waals surface area (Å²) in [6.07, 6.45) is 4.88. The molecule has 35 heavy (non-hydrogen) atoms. The first kappa shape index (κ1) is 25.2. The Morgan fingerprint density at radius 2 is 1.94 bits per heavy atom. The Hall–Kier alpha value is -2.88. The number of rotatable bonds is 8. The summed E-state index contributed by atoms with van der Waals surface area (Å²) in [5.41, 5.74) is 4.80. The predicted octanol–water partition coefficient (Wildman–Crippen LogP) is 3.77. The maximum Gasteiger partial charge on any atom is 0.264 e. The third kappa shape index (κ3) is 5.69. The monoisotopic (exact) mass is 499 g/mol. The van der Waals surface area contributed by atoms with E-state index in [1.807, 2.05) is 23.1 Å². The summed E-state index contributed by atoms with van der Waals surface area (Å²) in [6, 6.07) is 11.5. The highest BCUT2D eigenvalue weighted by molar-refractivity contribution is 7.89. The molecular weight excluding hydrogens is 466 g/mol.